The lowest BCUT2D eigenvalue weighted by Crippen LogP contribution is -2.43. The maximum Gasteiger partial charge on any atom is 0.206 e. The van der Waals surface area contributed by atoms with Crippen molar-refractivity contribution in [3.63, 3.8) is 0 Å². The van der Waals surface area contributed by atoms with E-state index in [1.165, 1.54) is 0 Å². The van der Waals surface area contributed by atoms with Crippen molar-refractivity contribution in [2.45, 2.75) is 5.56 Å². The second kappa shape index (κ2) is 4.63. The Labute approximate surface area is 105 Å². The maximum atomic E-state index is 5.91. The van der Waals surface area contributed by atoms with Crippen molar-refractivity contribution >= 4 is 17.3 Å². The number of halogens is 1. The Morgan fingerprint density at radius 3 is 2.94 bits per heavy atom. The molecule has 1 fully saturated rings. The lowest BCUT2D eigenvalue weighted by atomic mass is 10.2. The number of nitrogens with one attached hydrogen (secondary N) is 1. The standard InChI is InChI=1S/C12H15ClN2O2/c13-11-8-16-12-9(2-1-3-10(12)17-11)15-6-4-14-5-7-15/h1-3,11,14H,4-8H2. The maximum absolute atomic E-state index is 5.91. The van der Waals surface area contributed by atoms with Crippen LogP contribution in [0.1, 0.15) is 0 Å². The molecule has 1 saturated heterocycles. The van der Waals surface area contributed by atoms with E-state index in [0.29, 0.717) is 6.61 Å². The number of piperazine rings is 1. The van der Waals surface area contributed by atoms with Gasteiger partial charge in [-0.2, -0.15) is 0 Å². The summed E-state index contributed by atoms with van der Waals surface area (Å²) in [5.74, 6) is 1.57. The highest BCUT2D eigenvalue weighted by Crippen LogP contribution is 2.41. The molecule has 0 spiro atoms. The van der Waals surface area contributed by atoms with Crippen LogP contribution in [0.4, 0.5) is 5.69 Å². The topological polar surface area (TPSA) is 33.7 Å². The molecule has 2 aliphatic heterocycles. The molecule has 0 aromatic heterocycles. The summed E-state index contributed by atoms with van der Waals surface area (Å²) >= 11 is 5.91. The minimum atomic E-state index is -0.388. The number of hydrogen-bond acceptors (Lipinski definition) is 4. The number of para-hydroxylation sites is 1. The molecular weight excluding hydrogens is 240 g/mol. The van der Waals surface area contributed by atoms with E-state index < -0.39 is 0 Å². The Morgan fingerprint density at radius 2 is 2.12 bits per heavy atom. The molecule has 1 N–H and O–H groups in total. The third kappa shape index (κ3) is 2.15. The van der Waals surface area contributed by atoms with Crippen LogP contribution in [0.2, 0.25) is 0 Å². The average molecular weight is 255 g/mol. The van der Waals surface area contributed by atoms with E-state index in [1.807, 2.05) is 12.1 Å². The van der Waals surface area contributed by atoms with E-state index >= 15 is 0 Å². The largest absolute Gasteiger partial charge is 0.482 e. The number of anilines is 1. The van der Waals surface area contributed by atoms with Crippen molar-refractivity contribution in [1.82, 2.24) is 5.32 Å². The van der Waals surface area contributed by atoms with Gasteiger partial charge in [0.05, 0.1) is 5.69 Å². The lowest BCUT2D eigenvalue weighted by Gasteiger charge is -2.33. The van der Waals surface area contributed by atoms with Gasteiger partial charge in [-0.1, -0.05) is 17.7 Å². The minimum Gasteiger partial charge on any atom is -0.482 e. The van der Waals surface area contributed by atoms with Gasteiger partial charge in [-0.15, -0.1) is 0 Å². The van der Waals surface area contributed by atoms with Crippen LogP contribution in [0.25, 0.3) is 0 Å². The summed E-state index contributed by atoms with van der Waals surface area (Å²) in [4.78, 5) is 2.31. The molecule has 1 unspecified atom stereocenters. The van der Waals surface area contributed by atoms with E-state index in [0.717, 1.165) is 43.4 Å². The highest BCUT2D eigenvalue weighted by atomic mass is 35.5. The first kappa shape index (κ1) is 11.0. The normalized spacial score (nSPS) is 23.6. The van der Waals surface area contributed by atoms with Crippen molar-refractivity contribution in [3.8, 4) is 11.5 Å². The van der Waals surface area contributed by atoms with Crippen molar-refractivity contribution in [2.24, 2.45) is 0 Å². The molecule has 0 amide bonds. The van der Waals surface area contributed by atoms with E-state index in [1.54, 1.807) is 0 Å². The number of ether oxygens (including phenoxy) is 2. The van der Waals surface area contributed by atoms with Gasteiger partial charge >= 0.3 is 0 Å². The van der Waals surface area contributed by atoms with E-state index in [2.05, 4.69) is 16.3 Å². The summed E-state index contributed by atoms with van der Waals surface area (Å²) in [7, 11) is 0. The molecule has 5 heteroatoms. The summed E-state index contributed by atoms with van der Waals surface area (Å²) in [5, 5.41) is 3.34. The van der Waals surface area contributed by atoms with Crippen LogP contribution < -0.4 is 19.7 Å². The molecule has 0 saturated carbocycles. The fourth-order valence-corrected chi connectivity index (χ4v) is 2.38. The summed E-state index contributed by atoms with van der Waals surface area (Å²) in [6, 6.07) is 5.95. The lowest BCUT2D eigenvalue weighted by molar-refractivity contribution is 0.144. The summed E-state index contributed by atoms with van der Waals surface area (Å²) < 4.78 is 11.3. The van der Waals surface area contributed by atoms with Crippen LogP contribution in [0.5, 0.6) is 11.5 Å². The van der Waals surface area contributed by atoms with Crippen LogP contribution in [0.15, 0.2) is 18.2 Å². The molecule has 2 aliphatic rings. The number of alkyl halides is 1. The second-order valence-corrected chi connectivity index (χ2v) is 4.67. The Morgan fingerprint density at radius 1 is 1.29 bits per heavy atom. The van der Waals surface area contributed by atoms with Crippen molar-refractivity contribution in [1.29, 1.82) is 0 Å². The molecule has 17 heavy (non-hydrogen) atoms. The van der Waals surface area contributed by atoms with Gasteiger partial charge in [0, 0.05) is 26.2 Å². The Balaban J connectivity index is 1.91. The molecule has 1 aromatic rings. The highest BCUT2D eigenvalue weighted by Gasteiger charge is 2.24. The zero-order valence-electron chi connectivity index (χ0n) is 9.49. The third-order valence-electron chi connectivity index (χ3n) is 3.03. The zero-order valence-corrected chi connectivity index (χ0v) is 10.2. The molecule has 0 aliphatic carbocycles. The minimum absolute atomic E-state index is 0.388. The van der Waals surface area contributed by atoms with Crippen LogP contribution in [-0.2, 0) is 0 Å². The van der Waals surface area contributed by atoms with E-state index in [4.69, 9.17) is 21.1 Å². The molecule has 0 radical (unpaired) electrons. The van der Waals surface area contributed by atoms with Gasteiger partial charge in [0.15, 0.2) is 11.5 Å². The predicted octanol–water partition coefficient (Wildman–Crippen LogP) is 1.43. The summed E-state index contributed by atoms with van der Waals surface area (Å²) in [6.45, 7) is 4.39. The van der Waals surface area contributed by atoms with Gasteiger partial charge < -0.3 is 19.7 Å². The molecule has 4 nitrogen and oxygen atoms in total. The Kier molecular flexibility index (Phi) is 2.99. The van der Waals surface area contributed by atoms with Crippen LogP contribution in [0, 0.1) is 0 Å². The fraction of sp³-hybridized carbons (Fsp3) is 0.500. The van der Waals surface area contributed by atoms with Gasteiger partial charge in [0.2, 0.25) is 5.56 Å². The van der Waals surface area contributed by atoms with Gasteiger partial charge in [-0.05, 0) is 12.1 Å². The first-order chi connectivity index (χ1) is 8.34. The molecular formula is C12H15ClN2O2. The molecule has 3 rings (SSSR count). The number of benzene rings is 1. The second-order valence-electron chi connectivity index (χ2n) is 4.18. The number of hydrogen-bond donors (Lipinski definition) is 1. The summed E-state index contributed by atoms with van der Waals surface area (Å²) in [6.07, 6.45) is 0. The van der Waals surface area contributed by atoms with Crippen molar-refractivity contribution in [2.75, 3.05) is 37.7 Å². The van der Waals surface area contributed by atoms with E-state index in [-0.39, 0.29) is 5.56 Å². The zero-order chi connectivity index (χ0) is 11.7. The van der Waals surface area contributed by atoms with E-state index in [9.17, 15) is 0 Å². The van der Waals surface area contributed by atoms with Crippen molar-refractivity contribution in [3.05, 3.63) is 18.2 Å². The van der Waals surface area contributed by atoms with Crippen LogP contribution in [-0.4, -0.2) is 38.3 Å². The molecule has 1 atom stereocenters. The van der Waals surface area contributed by atoms with Gasteiger partial charge in [-0.25, -0.2) is 0 Å². The van der Waals surface area contributed by atoms with Crippen molar-refractivity contribution < 1.29 is 9.47 Å². The third-order valence-corrected chi connectivity index (χ3v) is 3.24. The molecule has 92 valence electrons. The van der Waals surface area contributed by atoms with Gasteiger partial charge in [-0.3, -0.25) is 0 Å². The predicted molar refractivity (Wildman–Crippen MR) is 67.3 cm³/mol. The average Bonchev–Trinajstić information content (AvgIpc) is 2.39. The Bertz CT molecular complexity index is 407. The fourth-order valence-electron chi connectivity index (χ4n) is 2.22. The summed E-state index contributed by atoms with van der Waals surface area (Å²) in [5.41, 5.74) is 0.716. The molecule has 0 bridgehead atoms. The smallest absolute Gasteiger partial charge is 0.206 e. The Hall–Kier alpha value is -1.13. The quantitative estimate of drug-likeness (QED) is 0.769. The monoisotopic (exact) mass is 254 g/mol. The molecule has 1 aromatic carbocycles. The SMILES string of the molecule is ClC1COc2c(cccc2N2CCNCC2)O1. The number of rotatable bonds is 1. The highest BCUT2D eigenvalue weighted by molar-refractivity contribution is 6.20. The van der Waals surface area contributed by atoms with Crippen LogP contribution in [0.3, 0.4) is 0 Å². The number of fused-ring (bicyclic) bond motifs is 1. The van der Waals surface area contributed by atoms with Crippen LogP contribution >= 0.6 is 11.6 Å². The van der Waals surface area contributed by atoms with Gasteiger partial charge in [0.1, 0.15) is 6.61 Å². The van der Waals surface area contributed by atoms with Gasteiger partial charge in [0.25, 0.3) is 0 Å². The first-order valence-corrected chi connectivity index (χ1v) is 6.30. The first-order valence-electron chi connectivity index (χ1n) is 5.87. The molecule has 2 heterocycles. The number of nitrogens with zero attached hydrogens (tertiary/aromatic N) is 1.